The van der Waals surface area contributed by atoms with Crippen molar-refractivity contribution in [3.8, 4) is 0 Å². The van der Waals surface area contributed by atoms with Crippen molar-refractivity contribution >= 4 is 11.9 Å². The van der Waals surface area contributed by atoms with Crippen molar-refractivity contribution < 1.29 is 14.0 Å². The van der Waals surface area contributed by atoms with Gasteiger partial charge in [-0.15, -0.1) is 0 Å². The van der Waals surface area contributed by atoms with Gasteiger partial charge in [0, 0.05) is 12.1 Å². The number of nitrogens with one attached hydrogen (secondary N) is 1. The number of halogens is 1. The highest BCUT2D eigenvalue weighted by molar-refractivity contribution is 5.96. The van der Waals surface area contributed by atoms with Crippen molar-refractivity contribution in [3.63, 3.8) is 0 Å². The van der Waals surface area contributed by atoms with E-state index in [0.717, 1.165) is 0 Å². The average molecular weight is 253 g/mol. The normalized spacial score (nSPS) is 12.2. The van der Waals surface area contributed by atoms with Crippen LogP contribution in [0.4, 0.5) is 9.18 Å². The summed E-state index contributed by atoms with van der Waals surface area (Å²) < 4.78 is 13.4. The number of carbonyl (C=O) groups is 2. The number of amides is 3. The Morgan fingerprint density at radius 2 is 2.06 bits per heavy atom. The highest BCUT2D eigenvalue weighted by Crippen LogP contribution is 2.10. The quantitative estimate of drug-likeness (QED) is 0.835. The number of carbonyl (C=O) groups excluding carboxylic acids is 2. The van der Waals surface area contributed by atoms with Crippen LogP contribution in [-0.4, -0.2) is 29.9 Å². The fourth-order valence-electron chi connectivity index (χ4n) is 1.46. The van der Waals surface area contributed by atoms with Gasteiger partial charge in [0.15, 0.2) is 0 Å². The van der Waals surface area contributed by atoms with Gasteiger partial charge in [-0.1, -0.05) is 18.2 Å². The maximum Gasteiger partial charge on any atom is 0.318 e. The number of likely N-dealkylation sites (N-methyl/N-ethyl adjacent to an activating group) is 1. The second kappa shape index (κ2) is 6.11. The zero-order chi connectivity index (χ0) is 13.7. The maximum absolute atomic E-state index is 13.4. The lowest BCUT2D eigenvalue weighted by molar-refractivity contribution is -0.124. The number of rotatable bonds is 4. The van der Waals surface area contributed by atoms with Gasteiger partial charge in [-0.3, -0.25) is 15.0 Å². The molecule has 0 bridgehead atoms. The smallest absolute Gasteiger partial charge is 0.318 e. The molecule has 6 heteroatoms. The van der Waals surface area contributed by atoms with E-state index in [1.807, 2.05) is 5.32 Å². The summed E-state index contributed by atoms with van der Waals surface area (Å²) in [6, 6.07) is 4.84. The number of nitrogens with two attached hydrogens (primary N) is 1. The molecule has 1 atom stereocenters. The summed E-state index contributed by atoms with van der Waals surface area (Å²) in [7, 11) is 1.66. The highest BCUT2D eigenvalue weighted by atomic mass is 19.1. The molecule has 3 N–H and O–H groups in total. The largest absolute Gasteiger partial charge is 0.351 e. The van der Waals surface area contributed by atoms with Gasteiger partial charge in [0.2, 0.25) is 5.91 Å². The van der Waals surface area contributed by atoms with Crippen molar-refractivity contribution in [1.29, 1.82) is 0 Å². The molecule has 0 heterocycles. The first kappa shape index (κ1) is 14.1. The first-order chi connectivity index (χ1) is 8.41. The molecule has 0 fully saturated rings. The van der Waals surface area contributed by atoms with Crippen LogP contribution in [0.15, 0.2) is 24.3 Å². The number of hydrogen-bond acceptors (Lipinski definition) is 3. The first-order valence-electron chi connectivity index (χ1n) is 5.45. The Labute approximate surface area is 105 Å². The Kier molecular flexibility index (Phi) is 4.79. The van der Waals surface area contributed by atoms with Crippen LogP contribution in [0.5, 0.6) is 0 Å². The lowest BCUT2D eigenvalue weighted by Crippen LogP contribution is -2.46. The van der Waals surface area contributed by atoms with Gasteiger partial charge in [-0.05, 0) is 20.0 Å². The van der Waals surface area contributed by atoms with E-state index < -0.39 is 18.0 Å². The van der Waals surface area contributed by atoms with Gasteiger partial charge in [-0.2, -0.15) is 0 Å². The van der Waals surface area contributed by atoms with E-state index in [2.05, 4.69) is 0 Å². The third-order valence-corrected chi connectivity index (χ3v) is 2.66. The summed E-state index contributed by atoms with van der Waals surface area (Å²) in [5.41, 5.74) is 5.34. The third-order valence-electron chi connectivity index (χ3n) is 2.66. The molecule has 3 amide bonds. The second-order valence-corrected chi connectivity index (χ2v) is 4.04. The summed E-state index contributed by atoms with van der Waals surface area (Å²) in [4.78, 5) is 23.7. The number of urea groups is 1. The molecule has 18 heavy (non-hydrogen) atoms. The molecule has 0 aliphatic carbocycles. The van der Waals surface area contributed by atoms with Gasteiger partial charge in [-0.25, -0.2) is 9.18 Å². The van der Waals surface area contributed by atoms with Crippen LogP contribution in [0.2, 0.25) is 0 Å². The second-order valence-electron chi connectivity index (χ2n) is 4.04. The summed E-state index contributed by atoms with van der Waals surface area (Å²) >= 11 is 0. The van der Waals surface area contributed by atoms with Crippen LogP contribution < -0.4 is 11.1 Å². The number of primary amides is 1. The van der Waals surface area contributed by atoms with E-state index in [9.17, 15) is 14.0 Å². The molecule has 98 valence electrons. The molecule has 0 unspecified atom stereocenters. The van der Waals surface area contributed by atoms with Crippen molar-refractivity contribution in [2.45, 2.75) is 19.5 Å². The topological polar surface area (TPSA) is 75.4 Å². The molecule has 0 aliphatic rings. The zero-order valence-corrected chi connectivity index (χ0v) is 10.3. The van der Waals surface area contributed by atoms with Gasteiger partial charge in [0.1, 0.15) is 5.82 Å². The molecule has 0 radical (unpaired) electrons. The van der Waals surface area contributed by atoms with Gasteiger partial charge in [0.25, 0.3) is 0 Å². The van der Waals surface area contributed by atoms with E-state index in [0.29, 0.717) is 5.56 Å². The molecule has 5 nitrogen and oxygen atoms in total. The van der Waals surface area contributed by atoms with E-state index >= 15 is 0 Å². The van der Waals surface area contributed by atoms with E-state index in [1.165, 1.54) is 6.07 Å². The Morgan fingerprint density at radius 1 is 1.44 bits per heavy atom. The molecule has 0 aliphatic heterocycles. The molecule has 0 saturated carbocycles. The predicted octanol–water partition coefficient (Wildman–Crippen LogP) is 0.841. The summed E-state index contributed by atoms with van der Waals surface area (Å²) in [5, 5.41) is 1.99. The molecule has 1 aromatic carbocycles. The monoisotopic (exact) mass is 253 g/mol. The van der Waals surface area contributed by atoms with E-state index in [-0.39, 0.29) is 12.4 Å². The van der Waals surface area contributed by atoms with E-state index in [4.69, 9.17) is 5.73 Å². The van der Waals surface area contributed by atoms with Crippen LogP contribution in [-0.2, 0) is 11.3 Å². The fraction of sp³-hybridized carbons (Fsp3) is 0.333. The minimum Gasteiger partial charge on any atom is -0.351 e. The minimum absolute atomic E-state index is 0.264. The number of hydrogen-bond donors (Lipinski definition) is 2. The molecular weight excluding hydrogens is 237 g/mol. The Balaban J connectivity index is 2.65. The molecular formula is C12H16FN3O2. The van der Waals surface area contributed by atoms with Crippen LogP contribution >= 0.6 is 0 Å². The number of imide groups is 1. The highest BCUT2D eigenvalue weighted by Gasteiger charge is 2.19. The molecule has 0 aromatic heterocycles. The lowest BCUT2D eigenvalue weighted by atomic mass is 10.1. The Morgan fingerprint density at radius 3 is 2.61 bits per heavy atom. The predicted molar refractivity (Wildman–Crippen MR) is 65.1 cm³/mol. The van der Waals surface area contributed by atoms with Crippen molar-refractivity contribution in [1.82, 2.24) is 10.2 Å². The third kappa shape index (κ3) is 3.81. The maximum atomic E-state index is 13.4. The molecule has 0 spiro atoms. The number of benzene rings is 1. The van der Waals surface area contributed by atoms with E-state index in [1.54, 1.807) is 37.1 Å². The lowest BCUT2D eigenvalue weighted by Gasteiger charge is -2.23. The van der Waals surface area contributed by atoms with Crippen LogP contribution in [0.1, 0.15) is 12.5 Å². The fourth-order valence-corrected chi connectivity index (χ4v) is 1.46. The summed E-state index contributed by atoms with van der Waals surface area (Å²) in [5.74, 6) is -0.840. The molecule has 1 aromatic rings. The standard InChI is InChI=1S/C12H16FN3O2/c1-8(11(17)15-12(14)18)16(2)7-9-5-3-4-6-10(9)13/h3-6,8H,7H2,1-2H3,(H3,14,15,17,18)/t8-/m0/s1. The van der Waals surface area contributed by atoms with Crippen LogP contribution in [0, 0.1) is 5.82 Å². The Bertz CT molecular complexity index is 451. The molecule has 0 saturated heterocycles. The van der Waals surface area contributed by atoms with Crippen LogP contribution in [0.25, 0.3) is 0 Å². The first-order valence-corrected chi connectivity index (χ1v) is 5.45. The SMILES string of the molecule is C[C@@H](C(=O)NC(N)=O)N(C)Cc1ccccc1F. The molecule has 1 rings (SSSR count). The van der Waals surface area contributed by atoms with Crippen LogP contribution in [0.3, 0.4) is 0 Å². The minimum atomic E-state index is -0.897. The van der Waals surface area contributed by atoms with Gasteiger partial charge in [0.05, 0.1) is 6.04 Å². The van der Waals surface area contributed by atoms with Crippen molar-refractivity contribution in [2.24, 2.45) is 5.73 Å². The van der Waals surface area contributed by atoms with Gasteiger partial charge >= 0.3 is 6.03 Å². The van der Waals surface area contributed by atoms with Gasteiger partial charge < -0.3 is 5.73 Å². The summed E-state index contributed by atoms with van der Waals surface area (Å²) in [6.07, 6.45) is 0. The van der Waals surface area contributed by atoms with Crippen molar-refractivity contribution in [2.75, 3.05) is 7.05 Å². The zero-order valence-electron chi connectivity index (χ0n) is 10.3. The number of nitrogens with zero attached hydrogens (tertiary/aromatic N) is 1. The Hall–Kier alpha value is -1.95. The average Bonchev–Trinajstić information content (AvgIpc) is 2.30. The summed E-state index contributed by atoms with van der Waals surface area (Å²) in [6.45, 7) is 1.87. The van der Waals surface area contributed by atoms with Crippen molar-refractivity contribution in [3.05, 3.63) is 35.6 Å².